The first-order valence-electron chi connectivity index (χ1n) is 9.15. The lowest BCUT2D eigenvalue weighted by Crippen LogP contribution is -2.19. The van der Waals surface area contributed by atoms with Gasteiger partial charge in [-0.25, -0.2) is 4.79 Å². The predicted molar refractivity (Wildman–Crippen MR) is 130 cm³/mol. The monoisotopic (exact) mass is 527 g/mol. The molecule has 0 saturated carbocycles. The number of carbonyl (C=O) groups excluding carboxylic acids is 2. The number of halogens is 3. The molecule has 0 aliphatic carbocycles. The highest BCUT2D eigenvalue weighted by molar-refractivity contribution is 8.18. The van der Waals surface area contributed by atoms with Crippen LogP contribution in [0.4, 0.5) is 0 Å². The standard InChI is InChI=1S/C21H16Cl3N3O5S/c1-30-16-4-3-11(5-12(16)10-32-19-14(23)6-13(22)7-15(19)24)9-25-27-21-26-20(29)17(33-21)8-18(28)31-2/h3-9H,10H2,1-2H3,(H,26,27,29)/b17-8+,25-9?. The van der Waals surface area contributed by atoms with Crippen LogP contribution in [0.1, 0.15) is 11.1 Å². The fraction of sp³-hybridized carbons (Fsp3) is 0.143. The zero-order chi connectivity index (χ0) is 24.0. The fourth-order valence-electron chi connectivity index (χ4n) is 2.60. The van der Waals surface area contributed by atoms with Crippen LogP contribution in [0.25, 0.3) is 0 Å². The summed E-state index contributed by atoms with van der Waals surface area (Å²) in [7, 11) is 2.77. The minimum atomic E-state index is -0.633. The van der Waals surface area contributed by atoms with Gasteiger partial charge in [0.2, 0.25) is 0 Å². The summed E-state index contributed by atoms with van der Waals surface area (Å²) in [6.07, 6.45) is 2.58. The van der Waals surface area contributed by atoms with Crippen molar-refractivity contribution in [2.75, 3.05) is 14.2 Å². The first-order valence-corrected chi connectivity index (χ1v) is 11.1. The molecular weight excluding hydrogens is 513 g/mol. The number of amides is 1. The molecule has 8 nitrogen and oxygen atoms in total. The Morgan fingerprint density at radius 2 is 1.88 bits per heavy atom. The Hall–Kier alpha value is -2.72. The van der Waals surface area contributed by atoms with Crippen LogP contribution in [0.15, 0.2) is 51.5 Å². The van der Waals surface area contributed by atoms with Gasteiger partial charge in [0.1, 0.15) is 12.4 Å². The van der Waals surface area contributed by atoms with Gasteiger partial charge in [-0.1, -0.05) is 34.8 Å². The lowest BCUT2D eigenvalue weighted by Gasteiger charge is -2.13. The summed E-state index contributed by atoms with van der Waals surface area (Å²) >= 11 is 19.2. The van der Waals surface area contributed by atoms with Gasteiger partial charge in [0.05, 0.1) is 35.4 Å². The van der Waals surface area contributed by atoms with Crippen LogP contribution in [0.2, 0.25) is 15.1 Å². The molecule has 0 radical (unpaired) electrons. The van der Waals surface area contributed by atoms with Gasteiger partial charge in [0, 0.05) is 16.7 Å². The highest BCUT2D eigenvalue weighted by atomic mass is 35.5. The van der Waals surface area contributed by atoms with E-state index in [9.17, 15) is 9.59 Å². The van der Waals surface area contributed by atoms with Crippen LogP contribution in [-0.2, 0) is 20.9 Å². The quantitative estimate of drug-likeness (QED) is 0.239. The summed E-state index contributed by atoms with van der Waals surface area (Å²) < 4.78 is 15.7. The molecular formula is C21H16Cl3N3O5S. The molecule has 0 spiro atoms. The minimum absolute atomic E-state index is 0.119. The number of nitrogens with one attached hydrogen (secondary N) is 1. The number of amidine groups is 1. The Kier molecular flexibility index (Phi) is 8.62. The zero-order valence-electron chi connectivity index (χ0n) is 17.2. The number of hydrogen-bond donors (Lipinski definition) is 1. The Balaban J connectivity index is 1.73. The summed E-state index contributed by atoms with van der Waals surface area (Å²) in [5.41, 5.74) is 1.41. The first kappa shape index (κ1) is 24.9. The molecule has 1 fully saturated rings. The second kappa shape index (κ2) is 11.4. The van der Waals surface area contributed by atoms with Gasteiger partial charge in [-0.05, 0) is 47.7 Å². The smallest absolute Gasteiger partial charge is 0.331 e. The van der Waals surface area contributed by atoms with Crippen molar-refractivity contribution in [1.82, 2.24) is 5.32 Å². The number of hydrogen-bond acceptors (Lipinski definition) is 8. The summed E-state index contributed by atoms with van der Waals surface area (Å²) in [4.78, 5) is 23.3. The molecule has 0 bridgehead atoms. The molecule has 0 atom stereocenters. The molecule has 12 heteroatoms. The number of methoxy groups -OCH3 is 2. The van der Waals surface area contributed by atoms with E-state index in [0.29, 0.717) is 27.6 Å². The molecule has 1 N–H and O–H groups in total. The Labute approximate surface area is 208 Å². The summed E-state index contributed by atoms with van der Waals surface area (Å²) in [6, 6.07) is 8.40. The SMILES string of the molecule is COC(=O)/C=C1/S/C(=N\N=Cc2ccc(OC)c(COc3c(Cl)cc(Cl)cc3Cl)c2)NC1=O. The van der Waals surface area contributed by atoms with Crippen LogP contribution in [-0.4, -0.2) is 37.5 Å². The van der Waals surface area contributed by atoms with Gasteiger partial charge < -0.3 is 14.2 Å². The number of benzene rings is 2. The number of carbonyl (C=O) groups is 2. The topological polar surface area (TPSA) is 98.6 Å². The molecule has 172 valence electrons. The number of esters is 1. The fourth-order valence-corrected chi connectivity index (χ4v) is 4.26. The van der Waals surface area contributed by atoms with Crippen molar-refractivity contribution in [3.05, 3.63) is 67.5 Å². The third-order valence-electron chi connectivity index (χ3n) is 4.10. The minimum Gasteiger partial charge on any atom is -0.496 e. The highest BCUT2D eigenvalue weighted by Gasteiger charge is 2.25. The number of thioether (sulfide) groups is 1. The molecule has 1 aliphatic heterocycles. The Bertz CT molecular complexity index is 1160. The molecule has 1 aliphatic rings. The maximum atomic E-state index is 11.8. The van der Waals surface area contributed by atoms with E-state index < -0.39 is 11.9 Å². The lowest BCUT2D eigenvalue weighted by atomic mass is 10.1. The van der Waals surface area contributed by atoms with E-state index in [-0.39, 0.29) is 26.7 Å². The molecule has 0 aromatic heterocycles. The van der Waals surface area contributed by atoms with Crippen LogP contribution >= 0.6 is 46.6 Å². The summed E-state index contributed by atoms with van der Waals surface area (Å²) in [5, 5.41) is 11.7. The number of rotatable bonds is 7. The number of ether oxygens (including phenoxy) is 3. The van der Waals surface area contributed by atoms with Crippen molar-refractivity contribution >= 4 is 69.8 Å². The van der Waals surface area contributed by atoms with Crippen LogP contribution in [0, 0.1) is 0 Å². The average Bonchev–Trinajstić information content (AvgIpc) is 3.11. The van der Waals surface area contributed by atoms with Gasteiger partial charge in [-0.3, -0.25) is 10.1 Å². The van der Waals surface area contributed by atoms with Crippen LogP contribution in [0.3, 0.4) is 0 Å². The molecule has 1 heterocycles. The van der Waals surface area contributed by atoms with Gasteiger partial charge in [-0.2, -0.15) is 5.10 Å². The van der Waals surface area contributed by atoms with E-state index in [1.165, 1.54) is 25.5 Å². The third-order valence-corrected chi connectivity index (χ3v) is 5.78. The molecule has 1 amide bonds. The van der Waals surface area contributed by atoms with Gasteiger partial charge in [0.15, 0.2) is 10.9 Å². The van der Waals surface area contributed by atoms with Gasteiger partial charge in [-0.15, -0.1) is 5.10 Å². The summed E-state index contributed by atoms with van der Waals surface area (Å²) in [6.45, 7) is 0.119. The van der Waals surface area contributed by atoms with Crippen molar-refractivity contribution in [3.63, 3.8) is 0 Å². The van der Waals surface area contributed by atoms with E-state index in [4.69, 9.17) is 44.3 Å². The molecule has 0 unspecified atom stereocenters. The highest BCUT2D eigenvalue weighted by Crippen LogP contribution is 2.36. The van der Waals surface area contributed by atoms with Crippen LogP contribution in [0.5, 0.6) is 11.5 Å². The molecule has 2 aromatic rings. The van der Waals surface area contributed by atoms with Crippen molar-refractivity contribution < 1.29 is 23.8 Å². The molecule has 3 rings (SSSR count). The molecule has 2 aromatic carbocycles. The predicted octanol–water partition coefficient (Wildman–Crippen LogP) is 4.84. The van der Waals surface area contributed by atoms with Gasteiger partial charge in [0.25, 0.3) is 5.91 Å². The zero-order valence-corrected chi connectivity index (χ0v) is 20.3. The van der Waals surface area contributed by atoms with Crippen molar-refractivity contribution in [2.45, 2.75) is 6.61 Å². The first-order chi connectivity index (χ1) is 15.8. The third kappa shape index (κ3) is 6.64. The second-order valence-electron chi connectivity index (χ2n) is 6.30. The van der Waals surface area contributed by atoms with E-state index in [0.717, 1.165) is 17.8 Å². The number of nitrogens with zero attached hydrogens (tertiary/aromatic N) is 2. The van der Waals surface area contributed by atoms with Crippen molar-refractivity contribution in [1.29, 1.82) is 0 Å². The summed E-state index contributed by atoms with van der Waals surface area (Å²) in [5.74, 6) is -0.190. The normalized spacial score (nSPS) is 15.8. The van der Waals surface area contributed by atoms with Gasteiger partial charge >= 0.3 is 5.97 Å². The largest absolute Gasteiger partial charge is 0.496 e. The van der Waals surface area contributed by atoms with Crippen LogP contribution < -0.4 is 14.8 Å². The average molecular weight is 529 g/mol. The Morgan fingerprint density at radius 1 is 1.15 bits per heavy atom. The van der Waals surface area contributed by atoms with E-state index >= 15 is 0 Å². The second-order valence-corrected chi connectivity index (χ2v) is 8.58. The van der Waals surface area contributed by atoms with Crippen molar-refractivity contribution in [2.24, 2.45) is 10.2 Å². The molecule has 33 heavy (non-hydrogen) atoms. The van der Waals surface area contributed by atoms with E-state index in [1.54, 1.807) is 25.3 Å². The van der Waals surface area contributed by atoms with E-state index in [1.807, 2.05) is 0 Å². The maximum absolute atomic E-state index is 11.8. The molecule has 1 saturated heterocycles. The van der Waals surface area contributed by atoms with Crippen molar-refractivity contribution in [3.8, 4) is 11.5 Å². The lowest BCUT2D eigenvalue weighted by molar-refractivity contribution is -0.135. The van der Waals surface area contributed by atoms with E-state index in [2.05, 4.69) is 20.3 Å². The maximum Gasteiger partial charge on any atom is 0.331 e. The Morgan fingerprint density at radius 3 is 2.55 bits per heavy atom.